The zero-order valence-corrected chi connectivity index (χ0v) is 31.8. The molecule has 3 heterocycles. The minimum Gasteiger partial charge on any atom is -0.455 e. The Hall–Kier alpha value is -3.06. The van der Waals surface area contributed by atoms with Gasteiger partial charge in [-0.2, -0.15) is 0 Å². The van der Waals surface area contributed by atoms with Crippen LogP contribution in [0, 0.1) is 11.8 Å². The number of nitrogens with one attached hydrogen (secondary N) is 1. The fourth-order valence-corrected chi connectivity index (χ4v) is 8.91. The summed E-state index contributed by atoms with van der Waals surface area (Å²) < 4.78 is 18.6. The smallest absolute Gasteiger partial charge is 0.313 e. The number of methoxy groups -OCH3 is 1. The maximum atomic E-state index is 14.6. The summed E-state index contributed by atoms with van der Waals surface area (Å²) in [4.78, 5) is 59.8. The topological polar surface area (TPSA) is 135 Å². The molecule has 282 valence electrons. The SMILES string of the molecule is C=CCCC(=O)N[C@H](COC)[C@H](OC(=O)[C@@H]1[C@H]2O[C@@]3(CC2Br)[C@H](C(=O)N(CC=C)CCCCC)N(CCCCCCO)C(=O)[C@@H]13)c1ccccc1. The number of ether oxygens (including phenoxy) is 3. The van der Waals surface area contributed by atoms with Gasteiger partial charge in [0.15, 0.2) is 0 Å². The van der Waals surface area contributed by atoms with Gasteiger partial charge in [0.25, 0.3) is 0 Å². The molecule has 0 radical (unpaired) electrons. The molecule has 0 aromatic heterocycles. The Morgan fingerprint density at radius 1 is 1.14 bits per heavy atom. The lowest BCUT2D eigenvalue weighted by molar-refractivity contribution is -0.163. The maximum Gasteiger partial charge on any atom is 0.313 e. The van der Waals surface area contributed by atoms with Gasteiger partial charge in [-0.1, -0.05) is 91.0 Å². The number of halogens is 1. The van der Waals surface area contributed by atoms with Gasteiger partial charge in [-0.15, -0.1) is 13.2 Å². The first kappa shape index (κ1) is 40.7. The summed E-state index contributed by atoms with van der Waals surface area (Å²) in [5.74, 6) is -3.24. The molecule has 2 bridgehead atoms. The van der Waals surface area contributed by atoms with Crippen molar-refractivity contribution < 1.29 is 38.5 Å². The number of alkyl halides is 1. The molecule has 3 aliphatic rings. The van der Waals surface area contributed by atoms with Crippen molar-refractivity contribution in [3.63, 3.8) is 0 Å². The highest BCUT2D eigenvalue weighted by Crippen LogP contribution is 2.60. The first-order valence-electron chi connectivity index (χ1n) is 18.5. The molecule has 3 fully saturated rings. The Labute approximate surface area is 311 Å². The Kier molecular flexibility index (Phi) is 15.7. The molecule has 12 heteroatoms. The second kappa shape index (κ2) is 19.7. The van der Waals surface area contributed by atoms with Gasteiger partial charge in [0.2, 0.25) is 17.7 Å². The summed E-state index contributed by atoms with van der Waals surface area (Å²) in [6, 6.07) is 7.53. The van der Waals surface area contributed by atoms with Crippen LogP contribution >= 0.6 is 15.9 Å². The van der Waals surface area contributed by atoms with Gasteiger partial charge in [-0.05, 0) is 37.7 Å². The van der Waals surface area contributed by atoms with Crippen LogP contribution in [0.25, 0.3) is 0 Å². The van der Waals surface area contributed by atoms with E-state index in [1.165, 1.54) is 7.11 Å². The molecule has 1 spiro atoms. The summed E-state index contributed by atoms with van der Waals surface area (Å²) in [6.07, 6.45) is 8.52. The van der Waals surface area contributed by atoms with Gasteiger partial charge >= 0.3 is 5.97 Å². The van der Waals surface area contributed by atoms with E-state index in [1.807, 2.05) is 30.3 Å². The summed E-state index contributed by atoms with van der Waals surface area (Å²) in [6.45, 7) is 11.1. The van der Waals surface area contributed by atoms with E-state index in [2.05, 4.69) is 41.3 Å². The maximum absolute atomic E-state index is 14.6. The van der Waals surface area contributed by atoms with Gasteiger partial charge in [-0.3, -0.25) is 19.2 Å². The first-order valence-corrected chi connectivity index (χ1v) is 19.4. The minimum absolute atomic E-state index is 0.0719. The predicted octanol–water partition coefficient (Wildman–Crippen LogP) is 4.87. The average Bonchev–Trinajstić information content (AvgIpc) is 3.72. The molecule has 2 N–H and O–H groups in total. The number of nitrogens with zero attached hydrogens (tertiary/aromatic N) is 2. The van der Waals surface area contributed by atoms with E-state index >= 15 is 0 Å². The van der Waals surface area contributed by atoms with Crippen LogP contribution < -0.4 is 5.32 Å². The minimum atomic E-state index is -1.22. The number of allylic oxidation sites excluding steroid dienone is 1. The molecule has 1 aromatic carbocycles. The molecule has 3 saturated heterocycles. The van der Waals surface area contributed by atoms with Crippen molar-refractivity contribution in [1.82, 2.24) is 15.1 Å². The van der Waals surface area contributed by atoms with Crippen LogP contribution in [0.4, 0.5) is 0 Å². The van der Waals surface area contributed by atoms with Crippen LogP contribution in [-0.2, 0) is 33.4 Å². The summed E-state index contributed by atoms with van der Waals surface area (Å²) in [5, 5.41) is 12.3. The van der Waals surface area contributed by atoms with Crippen molar-refractivity contribution in [1.29, 1.82) is 0 Å². The van der Waals surface area contributed by atoms with Crippen molar-refractivity contribution in [3.8, 4) is 0 Å². The summed E-state index contributed by atoms with van der Waals surface area (Å²) in [7, 11) is 1.51. The molecule has 0 aliphatic carbocycles. The van der Waals surface area contributed by atoms with Gasteiger partial charge < -0.3 is 34.4 Å². The lowest BCUT2D eigenvalue weighted by Crippen LogP contribution is -2.57. The number of carbonyl (C=O) groups excluding carboxylic acids is 4. The number of fused-ring (bicyclic) bond motifs is 1. The van der Waals surface area contributed by atoms with Gasteiger partial charge in [0.05, 0.1) is 30.6 Å². The molecular weight excluding hydrogens is 718 g/mol. The molecule has 3 amide bonds. The highest BCUT2D eigenvalue weighted by molar-refractivity contribution is 9.09. The summed E-state index contributed by atoms with van der Waals surface area (Å²) >= 11 is 3.76. The van der Waals surface area contributed by atoms with Crippen LogP contribution in [0.3, 0.4) is 0 Å². The number of hydrogen-bond acceptors (Lipinski definition) is 8. The number of carbonyl (C=O) groups is 4. The number of aliphatic hydroxyl groups is 1. The largest absolute Gasteiger partial charge is 0.455 e. The van der Waals surface area contributed by atoms with E-state index in [-0.39, 0.29) is 42.2 Å². The lowest BCUT2D eigenvalue weighted by atomic mass is 9.70. The normalized spacial score (nSPS) is 26.0. The number of unbranched alkanes of at least 4 members (excludes halogenated alkanes) is 5. The second-order valence-corrected chi connectivity index (χ2v) is 15.0. The highest BCUT2D eigenvalue weighted by Gasteiger charge is 2.77. The number of aliphatic hydroxyl groups excluding tert-OH is 1. The molecule has 1 unspecified atom stereocenters. The molecule has 8 atom stereocenters. The van der Waals surface area contributed by atoms with Crippen molar-refractivity contribution in [2.75, 3.05) is 40.0 Å². The number of benzene rings is 1. The number of esters is 1. The monoisotopic (exact) mass is 773 g/mol. The fourth-order valence-electron chi connectivity index (χ4n) is 7.96. The zero-order chi connectivity index (χ0) is 37.0. The molecule has 4 rings (SSSR count). The molecule has 3 aliphatic heterocycles. The van der Waals surface area contributed by atoms with Crippen LogP contribution in [0.15, 0.2) is 55.6 Å². The van der Waals surface area contributed by atoms with E-state index in [4.69, 9.17) is 14.2 Å². The van der Waals surface area contributed by atoms with Crippen molar-refractivity contribution in [3.05, 3.63) is 61.2 Å². The first-order chi connectivity index (χ1) is 24.7. The van der Waals surface area contributed by atoms with E-state index in [0.717, 1.165) is 32.1 Å². The standard InChI is InChI=1S/C39H56BrN3O8/c1-5-8-15-22-42(21-7-3)37(47)35-39-25-28(40)34(51-39)31(32(39)36(46)43(35)23-16-10-11-17-24-44)38(48)50-33(27-18-13-12-14-19-27)29(26-49-4)41-30(45)20-9-6-2/h6-7,12-14,18-19,28-29,31-35,44H,2-3,5,8-11,15-17,20-26H2,1,4H3,(H,41,45)/t28?,29-,31+,32-,33-,34+,35+,39-/m1/s1. The van der Waals surface area contributed by atoms with Crippen molar-refractivity contribution >= 4 is 39.6 Å². The number of rotatable bonds is 23. The van der Waals surface area contributed by atoms with Gasteiger partial charge in [0, 0.05) is 44.6 Å². The third-order valence-electron chi connectivity index (χ3n) is 10.3. The summed E-state index contributed by atoms with van der Waals surface area (Å²) in [5.41, 5.74) is -0.562. The predicted molar refractivity (Wildman–Crippen MR) is 198 cm³/mol. The van der Waals surface area contributed by atoms with Gasteiger partial charge in [-0.25, -0.2) is 0 Å². The van der Waals surface area contributed by atoms with Crippen LogP contribution in [0.1, 0.15) is 82.8 Å². The highest BCUT2D eigenvalue weighted by atomic mass is 79.9. The van der Waals surface area contributed by atoms with Crippen LogP contribution in [0.2, 0.25) is 0 Å². The molecule has 51 heavy (non-hydrogen) atoms. The molecule has 11 nitrogen and oxygen atoms in total. The second-order valence-electron chi connectivity index (χ2n) is 13.8. The number of hydrogen-bond donors (Lipinski definition) is 2. The van der Waals surface area contributed by atoms with E-state index in [9.17, 15) is 24.3 Å². The van der Waals surface area contributed by atoms with E-state index in [1.54, 1.807) is 22.0 Å². The third-order valence-corrected chi connectivity index (χ3v) is 11.1. The molecule has 0 saturated carbocycles. The quantitative estimate of drug-likeness (QED) is 0.0697. The van der Waals surface area contributed by atoms with Crippen LogP contribution in [-0.4, -0.2) is 107 Å². The Bertz CT molecular complexity index is 1350. The Morgan fingerprint density at radius 3 is 2.55 bits per heavy atom. The average molecular weight is 775 g/mol. The van der Waals surface area contributed by atoms with Gasteiger partial charge in [0.1, 0.15) is 17.7 Å². The number of amides is 3. The molecular formula is C39H56BrN3O8. The van der Waals surface area contributed by atoms with Crippen molar-refractivity contribution in [2.45, 2.75) is 106 Å². The van der Waals surface area contributed by atoms with E-state index < -0.39 is 47.7 Å². The van der Waals surface area contributed by atoms with Crippen LogP contribution in [0.5, 0.6) is 0 Å². The van der Waals surface area contributed by atoms with Crippen molar-refractivity contribution in [2.24, 2.45) is 11.8 Å². The lowest BCUT2D eigenvalue weighted by Gasteiger charge is -2.37. The fraction of sp³-hybridized carbons (Fsp3) is 0.641. The Morgan fingerprint density at radius 2 is 1.88 bits per heavy atom. The zero-order valence-electron chi connectivity index (χ0n) is 30.2. The third kappa shape index (κ3) is 9.30. The van der Waals surface area contributed by atoms with E-state index in [0.29, 0.717) is 50.9 Å². The number of likely N-dealkylation sites (tertiary alicyclic amines) is 1. The Balaban J connectivity index is 1.69. The molecule has 1 aromatic rings.